The number of nitrogens with one attached hydrogen (secondary N) is 1. The predicted octanol–water partition coefficient (Wildman–Crippen LogP) is 4.06. The van der Waals surface area contributed by atoms with Gasteiger partial charge in [0.25, 0.3) is 0 Å². The van der Waals surface area contributed by atoms with Crippen molar-refractivity contribution in [1.82, 2.24) is 4.98 Å². The quantitative estimate of drug-likeness (QED) is 0.717. The third kappa shape index (κ3) is 5.10. The molecule has 1 fully saturated rings. The van der Waals surface area contributed by atoms with Crippen LogP contribution in [0.1, 0.15) is 12.6 Å². The Kier molecular flexibility index (Phi) is 6.37. The Balaban J connectivity index is 1.44. The van der Waals surface area contributed by atoms with Crippen LogP contribution in [0.3, 0.4) is 0 Å². The molecule has 4 rings (SSSR count). The molecule has 1 aromatic heterocycles. The van der Waals surface area contributed by atoms with E-state index in [2.05, 4.69) is 47.2 Å². The van der Waals surface area contributed by atoms with Gasteiger partial charge in [0.15, 0.2) is 0 Å². The van der Waals surface area contributed by atoms with Crippen molar-refractivity contribution in [1.29, 1.82) is 0 Å². The number of aromatic nitrogens is 1. The van der Waals surface area contributed by atoms with E-state index in [0.29, 0.717) is 24.9 Å². The van der Waals surface area contributed by atoms with Crippen LogP contribution in [0, 0.1) is 0 Å². The molecule has 7 heteroatoms. The number of benzene rings is 1. The first kappa shape index (κ1) is 20.2. The fourth-order valence-electron chi connectivity index (χ4n) is 3.39. The number of nitrogens with two attached hydrogens (primary N) is 1. The van der Waals surface area contributed by atoms with Gasteiger partial charge in [0.1, 0.15) is 0 Å². The van der Waals surface area contributed by atoms with Crippen molar-refractivity contribution in [2.24, 2.45) is 0 Å². The molecular formula is C22H25N3O2S2. The summed E-state index contributed by atoms with van der Waals surface area (Å²) in [6.07, 6.45) is 7.02. The van der Waals surface area contributed by atoms with Gasteiger partial charge in [0.2, 0.25) is 5.56 Å². The number of hydrogen-bond acceptors (Lipinski definition) is 6. The minimum Gasteiger partial charge on any atom is -0.399 e. The van der Waals surface area contributed by atoms with Crippen LogP contribution >= 0.6 is 23.5 Å². The number of aromatic amines is 1. The van der Waals surface area contributed by atoms with Crippen molar-refractivity contribution in [3.63, 3.8) is 0 Å². The SMILES string of the molecule is CC1Sc2ccc(N)cc2S/C1=C/C=C\Cc1cc(N2CCOCC2)cc(=O)[nH]1. The fraction of sp³-hybridized carbons (Fsp3) is 0.318. The van der Waals surface area contributed by atoms with Gasteiger partial charge in [0.05, 0.1) is 13.2 Å². The number of nitrogen functional groups attached to an aromatic ring is 1. The van der Waals surface area contributed by atoms with Crippen LogP contribution in [0.5, 0.6) is 0 Å². The standard InChI is InChI=1S/C22H25N3O2S2/c1-15-19(29-21-12-16(23)6-7-20(21)28-15)5-3-2-4-17-13-18(14-22(26)24-17)25-8-10-27-11-9-25/h2-3,5-7,12-15H,4,8-11,23H2,1H3,(H,24,26)/b3-2-,19-5+. The van der Waals surface area contributed by atoms with Crippen LogP contribution < -0.4 is 16.2 Å². The topological polar surface area (TPSA) is 71.3 Å². The highest BCUT2D eigenvalue weighted by molar-refractivity contribution is 8.08. The third-order valence-electron chi connectivity index (χ3n) is 4.90. The molecule has 3 heterocycles. The first-order valence-corrected chi connectivity index (χ1v) is 11.4. The van der Waals surface area contributed by atoms with Gasteiger partial charge in [-0.2, -0.15) is 0 Å². The number of fused-ring (bicyclic) bond motifs is 1. The number of hydrogen-bond donors (Lipinski definition) is 2. The Hall–Kier alpha value is -2.09. The highest BCUT2D eigenvalue weighted by atomic mass is 32.2. The van der Waals surface area contributed by atoms with Gasteiger partial charge in [0, 0.05) is 62.6 Å². The second-order valence-corrected chi connectivity index (χ2v) is 9.60. The lowest BCUT2D eigenvalue weighted by Crippen LogP contribution is -2.36. The molecule has 1 saturated heterocycles. The van der Waals surface area contributed by atoms with Crippen LogP contribution in [-0.4, -0.2) is 36.5 Å². The molecule has 0 aliphatic carbocycles. The molecule has 1 aromatic carbocycles. The molecule has 0 spiro atoms. The molecule has 3 N–H and O–H groups in total. The average Bonchev–Trinajstić information content (AvgIpc) is 2.72. The highest BCUT2D eigenvalue weighted by Crippen LogP contribution is 2.47. The lowest BCUT2D eigenvalue weighted by molar-refractivity contribution is 0.122. The average molecular weight is 428 g/mol. The summed E-state index contributed by atoms with van der Waals surface area (Å²) in [5.41, 5.74) is 8.56. The molecule has 2 aliphatic heterocycles. The van der Waals surface area contributed by atoms with E-state index in [1.54, 1.807) is 17.8 Å². The van der Waals surface area contributed by atoms with Crippen molar-refractivity contribution in [3.05, 3.63) is 69.5 Å². The zero-order valence-corrected chi connectivity index (χ0v) is 18.0. The van der Waals surface area contributed by atoms with E-state index < -0.39 is 0 Å². The van der Waals surface area contributed by atoms with Crippen LogP contribution in [0.2, 0.25) is 0 Å². The van der Waals surface area contributed by atoms with E-state index in [9.17, 15) is 4.79 Å². The van der Waals surface area contributed by atoms with Crippen molar-refractivity contribution in [2.45, 2.75) is 28.4 Å². The molecule has 1 unspecified atom stereocenters. The van der Waals surface area contributed by atoms with Crippen molar-refractivity contribution in [2.75, 3.05) is 36.9 Å². The van der Waals surface area contributed by atoms with Crippen molar-refractivity contribution in [3.8, 4) is 0 Å². The third-order valence-corrected chi connectivity index (χ3v) is 7.67. The first-order valence-electron chi connectivity index (χ1n) is 9.75. The Morgan fingerprint density at radius 2 is 2.07 bits per heavy atom. The number of H-pyrrole nitrogens is 1. The van der Waals surface area contributed by atoms with Gasteiger partial charge in [-0.25, -0.2) is 0 Å². The van der Waals surface area contributed by atoms with E-state index in [0.717, 1.165) is 30.2 Å². The molecule has 152 valence electrons. The van der Waals surface area contributed by atoms with Crippen LogP contribution in [-0.2, 0) is 11.2 Å². The van der Waals surface area contributed by atoms with Crippen LogP contribution in [0.4, 0.5) is 11.4 Å². The molecular weight excluding hydrogens is 402 g/mol. The van der Waals surface area contributed by atoms with Gasteiger partial charge in [-0.15, -0.1) is 11.8 Å². The molecule has 29 heavy (non-hydrogen) atoms. The summed E-state index contributed by atoms with van der Waals surface area (Å²) >= 11 is 3.64. The van der Waals surface area contributed by atoms with Crippen LogP contribution in [0.15, 0.2) is 68.1 Å². The molecule has 2 aromatic rings. The predicted molar refractivity (Wildman–Crippen MR) is 123 cm³/mol. The summed E-state index contributed by atoms with van der Waals surface area (Å²) in [6, 6.07) is 9.83. The largest absolute Gasteiger partial charge is 0.399 e. The lowest BCUT2D eigenvalue weighted by Gasteiger charge is -2.28. The summed E-state index contributed by atoms with van der Waals surface area (Å²) in [7, 11) is 0. The monoisotopic (exact) mass is 427 g/mol. The lowest BCUT2D eigenvalue weighted by atomic mass is 10.2. The van der Waals surface area contributed by atoms with Gasteiger partial charge in [-0.05, 0) is 31.2 Å². The number of thioether (sulfide) groups is 2. The van der Waals surface area contributed by atoms with Crippen molar-refractivity contribution < 1.29 is 4.74 Å². The minimum atomic E-state index is -0.0576. The van der Waals surface area contributed by atoms with E-state index in [1.165, 1.54) is 14.7 Å². The Morgan fingerprint density at radius 3 is 2.90 bits per heavy atom. The summed E-state index contributed by atoms with van der Waals surface area (Å²) in [6.45, 7) is 5.28. The van der Waals surface area contributed by atoms with Crippen LogP contribution in [0.25, 0.3) is 0 Å². The normalized spacial score (nSPS) is 20.9. The Labute approximate surface area is 179 Å². The molecule has 0 saturated carbocycles. The van der Waals surface area contributed by atoms with E-state index in [-0.39, 0.29) is 5.56 Å². The van der Waals surface area contributed by atoms with Crippen molar-refractivity contribution >= 4 is 34.9 Å². The maximum Gasteiger partial charge on any atom is 0.250 e. The second-order valence-electron chi connectivity index (χ2n) is 7.10. The maximum absolute atomic E-state index is 12.1. The zero-order valence-electron chi connectivity index (χ0n) is 16.4. The summed E-state index contributed by atoms with van der Waals surface area (Å²) in [5.74, 6) is 0. The molecule has 2 aliphatic rings. The number of anilines is 2. The van der Waals surface area contributed by atoms with Gasteiger partial charge < -0.3 is 20.4 Å². The number of pyridine rings is 1. The Morgan fingerprint density at radius 1 is 1.24 bits per heavy atom. The number of ether oxygens (including phenoxy) is 1. The molecule has 5 nitrogen and oxygen atoms in total. The zero-order chi connectivity index (χ0) is 20.2. The van der Waals surface area contributed by atoms with Gasteiger partial charge in [-0.1, -0.05) is 30.0 Å². The highest BCUT2D eigenvalue weighted by Gasteiger charge is 2.20. The fourth-order valence-corrected chi connectivity index (χ4v) is 5.77. The van der Waals surface area contributed by atoms with Gasteiger partial charge in [-0.3, -0.25) is 4.79 Å². The number of nitrogens with zero attached hydrogens (tertiary/aromatic N) is 1. The Bertz CT molecular complexity index is 994. The maximum atomic E-state index is 12.1. The minimum absolute atomic E-state index is 0.0576. The first-order chi connectivity index (χ1) is 14.1. The number of allylic oxidation sites excluding steroid dienone is 3. The number of morpholine rings is 1. The summed E-state index contributed by atoms with van der Waals surface area (Å²) < 4.78 is 5.40. The smallest absolute Gasteiger partial charge is 0.250 e. The van der Waals surface area contributed by atoms with E-state index >= 15 is 0 Å². The van der Waals surface area contributed by atoms with E-state index in [1.807, 2.05) is 23.9 Å². The van der Waals surface area contributed by atoms with E-state index in [4.69, 9.17) is 10.5 Å². The molecule has 0 amide bonds. The molecule has 1 atom stereocenters. The molecule has 0 radical (unpaired) electrons. The number of rotatable bonds is 4. The summed E-state index contributed by atoms with van der Waals surface area (Å²) in [5, 5.41) is 0.408. The van der Waals surface area contributed by atoms with Gasteiger partial charge >= 0.3 is 0 Å². The second kappa shape index (κ2) is 9.15. The summed E-state index contributed by atoms with van der Waals surface area (Å²) in [4.78, 5) is 21.0. The molecule has 0 bridgehead atoms.